The van der Waals surface area contributed by atoms with Crippen molar-refractivity contribution < 1.29 is 0 Å². The Morgan fingerprint density at radius 3 is 1.67 bits per heavy atom. The topological polar surface area (TPSA) is 4.93 Å². The summed E-state index contributed by atoms with van der Waals surface area (Å²) in [5.41, 5.74) is 13.6. The van der Waals surface area contributed by atoms with Gasteiger partial charge in [0.2, 0.25) is 0 Å². The first kappa shape index (κ1) is 30.2. The molecule has 0 saturated heterocycles. The van der Waals surface area contributed by atoms with E-state index in [1.54, 1.807) is 0 Å². The number of hydrogen-bond donors (Lipinski definition) is 0. The van der Waals surface area contributed by atoms with Crippen LogP contribution < -0.4 is 0 Å². The minimum atomic E-state index is 0.873. The third-order valence-corrected chi connectivity index (χ3v) is 10.6. The Labute approximate surface area is 303 Å². The molecule has 244 valence electrons. The van der Waals surface area contributed by atoms with Gasteiger partial charge in [-0.1, -0.05) is 164 Å². The summed E-state index contributed by atoms with van der Waals surface area (Å²) in [5, 5.41) is 7.69. The average Bonchev–Trinajstić information content (AvgIpc) is 3.55. The van der Waals surface area contributed by atoms with Gasteiger partial charge in [0.25, 0.3) is 0 Å². The van der Waals surface area contributed by atoms with Gasteiger partial charge < -0.3 is 4.57 Å². The Morgan fingerprint density at radius 2 is 0.885 bits per heavy atom. The van der Waals surface area contributed by atoms with Crippen molar-refractivity contribution in [2.24, 2.45) is 0 Å². The van der Waals surface area contributed by atoms with Gasteiger partial charge in [-0.15, -0.1) is 0 Å². The zero-order valence-electron chi connectivity index (χ0n) is 28.7. The highest BCUT2D eigenvalue weighted by Crippen LogP contribution is 2.38. The summed E-state index contributed by atoms with van der Waals surface area (Å²) in [4.78, 5) is 0. The van der Waals surface area contributed by atoms with E-state index in [9.17, 15) is 0 Å². The Kier molecular flexibility index (Phi) is 7.29. The molecule has 1 aromatic heterocycles. The Bertz CT molecular complexity index is 2910. The van der Waals surface area contributed by atoms with E-state index in [-0.39, 0.29) is 0 Å². The largest absolute Gasteiger partial charge is 0.309 e. The van der Waals surface area contributed by atoms with Crippen molar-refractivity contribution in [2.75, 3.05) is 0 Å². The number of para-hydroxylation sites is 1. The zero-order chi connectivity index (χ0) is 34.4. The van der Waals surface area contributed by atoms with Gasteiger partial charge in [-0.2, -0.15) is 0 Å². The quantitative estimate of drug-likeness (QED) is 0.156. The molecule has 1 heterocycles. The van der Waals surface area contributed by atoms with E-state index in [4.69, 9.17) is 0 Å². The summed E-state index contributed by atoms with van der Waals surface area (Å²) in [6, 6.07) is 73.2. The average molecular weight is 662 g/mol. The van der Waals surface area contributed by atoms with Crippen molar-refractivity contribution >= 4 is 43.4 Å². The molecule has 0 atom stereocenters. The highest BCUT2D eigenvalue weighted by Gasteiger charge is 2.15. The van der Waals surface area contributed by atoms with Crippen LogP contribution in [0.15, 0.2) is 200 Å². The van der Waals surface area contributed by atoms with E-state index in [1.165, 1.54) is 93.5 Å². The molecule has 0 N–H and O–H groups in total. The Morgan fingerprint density at radius 1 is 0.308 bits per heavy atom. The number of benzene rings is 9. The second-order valence-electron chi connectivity index (χ2n) is 13.8. The number of rotatable bonds is 6. The molecule has 1 heteroatoms. The van der Waals surface area contributed by atoms with Crippen LogP contribution in [-0.2, 0) is 6.42 Å². The molecular weight excluding hydrogens is 627 g/mol. The van der Waals surface area contributed by atoms with E-state index in [1.807, 2.05) is 0 Å². The maximum absolute atomic E-state index is 2.41. The van der Waals surface area contributed by atoms with Crippen LogP contribution in [0.1, 0.15) is 11.1 Å². The molecule has 0 aliphatic heterocycles. The summed E-state index contributed by atoms with van der Waals surface area (Å²) in [5.74, 6) is 0. The number of nitrogens with zero attached hydrogens (tertiary/aromatic N) is 1. The van der Waals surface area contributed by atoms with E-state index >= 15 is 0 Å². The standard InChI is InChI=1S/C51H35N/c1-3-14-36(15-4-1)38-19-11-13-35(29-38)30-43-31-42-18-7-8-22-45(42)48-33-40(25-27-46(43)48)41-26-28-51-49(34-41)47-23-9-10-24-50(47)52(51)44-21-12-20-39(32-44)37-16-5-2-6-17-37/h1-29,31-34H,30H2. The van der Waals surface area contributed by atoms with Gasteiger partial charge in [-0.3, -0.25) is 0 Å². The van der Waals surface area contributed by atoms with Crippen LogP contribution in [-0.4, -0.2) is 4.57 Å². The first-order valence-electron chi connectivity index (χ1n) is 18.1. The fraction of sp³-hybridized carbons (Fsp3) is 0.0196. The zero-order valence-corrected chi connectivity index (χ0v) is 28.7. The highest BCUT2D eigenvalue weighted by atomic mass is 15.0. The van der Waals surface area contributed by atoms with E-state index < -0.39 is 0 Å². The summed E-state index contributed by atoms with van der Waals surface area (Å²) < 4.78 is 2.41. The minimum Gasteiger partial charge on any atom is -0.309 e. The van der Waals surface area contributed by atoms with Crippen molar-refractivity contribution in [3.63, 3.8) is 0 Å². The monoisotopic (exact) mass is 661 g/mol. The van der Waals surface area contributed by atoms with Crippen LogP contribution in [0.3, 0.4) is 0 Å². The third-order valence-electron chi connectivity index (χ3n) is 10.6. The predicted molar refractivity (Wildman–Crippen MR) is 221 cm³/mol. The lowest BCUT2D eigenvalue weighted by Crippen LogP contribution is -1.94. The first-order valence-corrected chi connectivity index (χ1v) is 18.1. The van der Waals surface area contributed by atoms with Gasteiger partial charge in [-0.05, 0) is 109 Å². The number of hydrogen-bond acceptors (Lipinski definition) is 0. The van der Waals surface area contributed by atoms with Crippen molar-refractivity contribution in [1.82, 2.24) is 4.57 Å². The van der Waals surface area contributed by atoms with Crippen LogP contribution >= 0.6 is 0 Å². The lowest BCUT2D eigenvalue weighted by Gasteiger charge is -2.14. The van der Waals surface area contributed by atoms with Crippen molar-refractivity contribution in [1.29, 1.82) is 0 Å². The smallest absolute Gasteiger partial charge is 0.0541 e. The van der Waals surface area contributed by atoms with Crippen LogP contribution in [0.4, 0.5) is 0 Å². The molecule has 0 aliphatic rings. The molecular formula is C51H35N. The molecule has 9 aromatic carbocycles. The molecule has 0 amide bonds. The number of fused-ring (bicyclic) bond motifs is 6. The Balaban J connectivity index is 1.09. The molecule has 1 nitrogen and oxygen atoms in total. The molecule has 0 bridgehead atoms. The maximum atomic E-state index is 2.41. The lowest BCUT2D eigenvalue weighted by atomic mass is 9.90. The van der Waals surface area contributed by atoms with Gasteiger partial charge >= 0.3 is 0 Å². The SMILES string of the molecule is c1ccc(-c2cccc(Cc3cc4ccccc4c4cc(-c5ccc6c(c5)c5ccccc5n6-c5cccc(-c6ccccc6)c5)ccc34)c2)cc1. The van der Waals surface area contributed by atoms with Crippen molar-refractivity contribution in [3.05, 3.63) is 211 Å². The maximum Gasteiger partial charge on any atom is 0.0541 e. The van der Waals surface area contributed by atoms with Crippen LogP contribution in [0, 0.1) is 0 Å². The molecule has 10 rings (SSSR count). The summed E-state index contributed by atoms with van der Waals surface area (Å²) in [6.45, 7) is 0. The van der Waals surface area contributed by atoms with Crippen LogP contribution in [0.2, 0.25) is 0 Å². The van der Waals surface area contributed by atoms with Crippen LogP contribution in [0.5, 0.6) is 0 Å². The van der Waals surface area contributed by atoms with Crippen LogP contribution in [0.25, 0.3) is 82.4 Å². The fourth-order valence-corrected chi connectivity index (χ4v) is 8.10. The summed E-state index contributed by atoms with van der Waals surface area (Å²) >= 11 is 0. The van der Waals surface area contributed by atoms with Gasteiger partial charge in [0.05, 0.1) is 11.0 Å². The predicted octanol–water partition coefficient (Wildman–Crippen LogP) is 13.7. The second kappa shape index (κ2) is 12.6. The molecule has 0 unspecified atom stereocenters. The first-order chi connectivity index (χ1) is 25.8. The summed E-state index contributed by atoms with van der Waals surface area (Å²) in [6.07, 6.45) is 0.873. The normalized spacial score (nSPS) is 11.5. The molecule has 52 heavy (non-hydrogen) atoms. The van der Waals surface area contributed by atoms with Gasteiger partial charge in [0, 0.05) is 16.5 Å². The van der Waals surface area contributed by atoms with Crippen molar-refractivity contribution in [3.8, 4) is 39.1 Å². The number of aromatic nitrogens is 1. The van der Waals surface area contributed by atoms with Gasteiger partial charge in [-0.25, -0.2) is 0 Å². The van der Waals surface area contributed by atoms with Crippen molar-refractivity contribution in [2.45, 2.75) is 6.42 Å². The minimum absolute atomic E-state index is 0.873. The highest BCUT2D eigenvalue weighted by molar-refractivity contribution is 6.12. The van der Waals surface area contributed by atoms with E-state index in [0.717, 1.165) is 6.42 Å². The van der Waals surface area contributed by atoms with E-state index in [2.05, 4.69) is 205 Å². The van der Waals surface area contributed by atoms with E-state index in [0.29, 0.717) is 0 Å². The molecule has 0 fully saturated rings. The summed E-state index contributed by atoms with van der Waals surface area (Å²) in [7, 11) is 0. The third kappa shape index (κ3) is 5.27. The second-order valence-corrected chi connectivity index (χ2v) is 13.8. The lowest BCUT2D eigenvalue weighted by molar-refractivity contribution is 1.18. The van der Waals surface area contributed by atoms with Gasteiger partial charge in [0.1, 0.15) is 0 Å². The van der Waals surface area contributed by atoms with Gasteiger partial charge in [0.15, 0.2) is 0 Å². The Hall–Kier alpha value is -6.70. The molecule has 0 radical (unpaired) electrons. The molecule has 0 spiro atoms. The molecule has 10 aromatic rings. The fourth-order valence-electron chi connectivity index (χ4n) is 8.10. The molecule has 0 aliphatic carbocycles. The molecule has 0 saturated carbocycles.